The molecule has 1 aliphatic heterocycles. The lowest BCUT2D eigenvalue weighted by atomic mass is 9.63. The fraction of sp³-hybridized carbons (Fsp3) is 0.444. The van der Waals surface area contributed by atoms with Gasteiger partial charge in [0.1, 0.15) is 5.56 Å². The highest BCUT2D eigenvalue weighted by molar-refractivity contribution is 5.94. The molecule has 0 unspecified atom stereocenters. The number of nitrogens with zero attached hydrogens (tertiary/aromatic N) is 2. The summed E-state index contributed by atoms with van der Waals surface area (Å²) in [5, 5.41) is 0.993. The molecule has 0 atom stereocenters. The number of aromatic nitrogens is 2. The van der Waals surface area contributed by atoms with E-state index >= 15 is 0 Å². The minimum Gasteiger partial charge on any atom is -0.370 e. The monoisotopic (exact) mass is 293 g/mol. The molecule has 4 nitrogen and oxygen atoms in total. The lowest BCUT2D eigenvalue weighted by Crippen LogP contribution is -2.44. The topological polar surface area (TPSA) is 49.0 Å². The van der Waals surface area contributed by atoms with Crippen LogP contribution in [0.2, 0.25) is 0 Å². The van der Waals surface area contributed by atoms with E-state index in [-0.39, 0.29) is 5.56 Å². The molecule has 1 saturated carbocycles. The van der Waals surface area contributed by atoms with Gasteiger partial charge in [-0.25, -0.2) is 0 Å². The molecule has 3 heterocycles. The first-order valence-corrected chi connectivity index (χ1v) is 7.94. The summed E-state index contributed by atoms with van der Waals surface area (Å²) in [6.45, 7) is 1.96. The van der Waals surface area contributed by atoms with Crippen molar-refractivity contribution in [2.45, 2.75) is 32.1 Å². The smallest absolute Gasteiger partial charge is 0.266 e. The molecule has 1 saturated heterocycles. The maximum atomic E-state index is 12.3. The van der Waals surface area contributed by atoms with Gasteiger partial charge in [0.05, 0.1) is 17.4 Å². The molecule has 2 fully saturated rings. The van der Waals surface area contributed by atoms with Crippen molar-refractivity contribution in [1.82, 2.24) is 9.97 Å². The molecule has 0 amide bonds. The van der Waals surface area contributed by atoms with Crippen LogP contribution < -0.4 is 10.5 Å². The molecular weight excluding hydrogens is 274 g/mol. The first-order chi connectivity index (χ1) is 10.7. The Morgan fingerprint density at radius 2 is 2.05 bits per heavy atom. The number of fused-ring (bicyclic) bond motifs is 1. The van der Waals surface area contributed by atoms with Crippen molar-refractivity contribution in [3.63, 3.8) is 0 Å². The van der Waals surface area contributed by atoms with Crippen molar-refractivity contribution in [3.05, 3.63) is 34.4 Å². The van der Waals surface area contributed by atoms with Gasteiger partial charge in [-0.2, -0.15) is 0 Å². The average Bonchev–Trinajstić information content (AvgIpc) is 2.52. The number of hydrogen-bond acceptors (Lipinski definition) is 3. The van der Waals surface area contributed by atoms with Crippen LogP contribution in [0.3, 0.4) is 0 Å². The Bertz CT molecular complexity index is 816. The highest BCUT2D eigenvalue weighted by atomic mass is 16.1. The lowest BCUT2D eigenvalue weighted by molar-refractivity contribution is 0.0956. The molecular formula is C18H19N3O. The van der Waals surface area contributed by atoms with Gasteiger partial charge in [0.15, 0.2) is 0 Å². The first kappa shape index (κ1) is 13.4. The third-order valence-electron chi connectivity index (χ3n) is 5.49. The number of anilines is 1. The van der Waals surface area contributed by atoms with Gasteiger partial charge < -0.3 is 9.88 Å². The van der Waals surface area contributed by atoms with Gasteiger partial charge >= 0.3 is 0 Å². The predicted molar refractivity (Wildman–Crippen MR) is 88.0 cm³/mol. The van der Waals surface area contributed by atoms with Crippen LogP contribution in [0.4, 0.5) is 5.69 Å². The Labute approximate surface area is 129 Å². The average molecular weight is 293 g/mol. The molecule has 1 spiro atoms. The molecule has 112 valence electrons. The minimum atomic E-state index is -0.193. The van der Waals surface area contributed by atoms with Crippen LogP contribution in [0.15, 0.2) is 23.3 Å². The number of nitrogens with one attached hydrogen (secondary N) is 1. The summed E-state index contributed by atoms with van der Waals surface area (Å²) in [6.07, 6.45) is 15.6. The molecule has 1 aliphatic carbocycles. The Hall–Kier alpha value is -2.28. The molecule has 22 heavy (non-hydrogen) atoms. The number of H-pyrrole nitrogens is 1. The Morgan fingerprint density at radius 1 is 1.27 bits per heavy atom. The van der Waals surface area contributed by atoms with Crippen LogP contribution in [0.1, 0.15) is 37.7 Å². The van der Waals surface area contributed by atoms with Crippen LogP contribution in [0.5, 0.6) is 0 Å². The summed E-state index contributed by atoms with van der Waals surface area (Å²) in [7, 11) is 0. The molecule has 2 aromatic rings. The quantitative estimate of drug-likeness (QED) is 0.822. The third kappa shape index (κ3) is 1.93. The molecule has 0 bridgehead atoms. The number of hydrogen-bond donors (Lipinski definition) is 1. The number of terminal acetylenes is 1. The number of pyridine rings is 2. The number of piperidine rings is 1. The molecule has 2 aromatic heterocycles. The third-order valence-corrected chi connectivity index (χ3v) is 5.49. The Morgan fingerprint density at radius 3 is 2.68 bits per heavy atom. The first-order valence-electron chi connectivity index (χ1n) is 7.94. The highest BCUT2D eigenvalue weighted by Crippen LogP contribution is 2.49. The van der Waals surface area contributed by atoms with Crippen LogP contribution in [-0.4, -0.2) is 23.1 Å². The van der Waals surface area contributed by atoms with E-state index in [1.54, 1.807) is 12.4 Å². The van der Waals surface area contributed by atoms with Crippen molar-refractivity contribution in [1.29, 1.82) is 0 Å². The summed E-state index contributed by atoms with van der Waals surface area (Å²) >= 11 is 0. The summed E-state index contributed by atoms with van der Waals surface area (Å²) in [4.78, 5) is 21.5. The van der Waals surface area contributed by atoms with Gasteiger partial charge in [-0.05, 0) is 37.2 Å². The van der Waals surface area contributed by atoms with Crippen molar-refractivity contribution < 1.29 is 0 Å². The van der Waals surface area contributed by atoms with Gasteiger partial charge in [-0.1, -0.05) is 12.3 Å². The predicted octanol–water partition coefficient (Wildman–Crippen LogP) is 2.67. The van der Waals surface area contributed by atoms with E-state index in [4.69, 9.17) is 6.42 Å². The number of aromatic amines is 1. The second-order valence-corrected chi connectivity index (χ2v) is 6.58. The van der Waals surface area contributed by atoms with Crippen molar-refractivity contribution in [2.24, 2.45) is 5.41 Å². The summed E-state index contributed by atoms with van der Waals surface area (Å²) in [5.41, 5.74) is 2.50. The summed E-state index contributed by atoms with van der Waals surface area (Å²) < 4.78 is 0. The SMILES string of the molecule is C#Cc1c(N2CCC3(CCC3)CC2)c2ccncc2[nH]c1=O. The second-order valence-electron chi connectivity index (χ2n) is 6.58. The van der Waals surface area contributed by atoms with E-state index in [1.807, 2.05) is 6.07 Å². The largest absolute Gasteiger partial charge is 0.370 e. The van der Waals surface area contributed by atoms with E-state index in [9.17, 15) is 4.79 Å². The second kappa shape index (κ2) is 4.88. The Kier molecular flexibility index (Phi) is 2.97. The maximum Gasteiger partial charge on any atom is 0.266 e. The molecule has 2 aliphatic rings. The van der Waals surface area contributed by atoms with Crippen LogP contribution in [0.25, 0.3) is 10.9 Å². The van der Waals surface area contributed by atoms with Crippen molar-refractivity contribution in [3.8, 4) is 12.3 Å². The molecule has 0 aromatic carbocycles. The van der Waals surface area contributed by atoms with Gasteiger partial charge in [0.25, 0.3) is 5.56 Å². The van der Waals surface area contributed by atoms with E-state index in [1.165, 1.54) is 32.1 Å². The zero-order valence-electron chi connectivity index (χ0n) is 12.6. The van der Waals surface area contributed by atoms with Gasteiger partial charge in [-0.3, -0.25) is 9.78 Å². The van der Waals surface area contributed by atoms with Crippen molar-refractivity contribution >= 4 is 16.6 Å². The van der Waals surface area contributed by atoms with E-state index in [0.29, 0.717) is 11.0 Å². The standard InChI is InChI=1S/C18H19N3O/c1-2-13-16(14-4-9-19-12-15(14)20-17(13)22)21-10-7-18(8-11-21)5-3-6-18/h1,4,9,12H,3,5-8,10-11H2,(H,20,22). The van der Waals surface area contributed by atoms with Gasteiger partial charge in [0.2, 0.25) is 0 Å². The van der Waals surface area contributed by atoms with E-state index < -0.39 is 0 Å². The molecule has 0 radical (unpaired) electrons. The maximum absolute atomic E-state index is 12.3. The van der Waals surface area contributed by atoms with Crippen molar-refractivity contribution in [2.75, 3.05) is 18.0 Å². The van der Waals surface area contributed by atoms with Crippen LogP contribution >= 0.6 is 0 Å². The zero-order chi connectivity index (χ0) is 15.2. The molecule has 1 N–H and O–H groups in total. The molecule has 4 heteroatoms. The number of rotatable bonds is 1. The zero-order valence-corrected chi connectivity index (χ0v) is 12.6. The molecule has 4 rings (SSSR count). The van der Waals surface area contributed by atoms with E-state index in [0.717, 1.165) is 29.7 Å². The normalized spacial score (nSPS) is 19.9. The summed E-state index contributed by atoms with van der Waals surface area (Å²) in [6, 6.07) is 1.94. The van der Waals surface area contributed by atoms with Crippen LogP contribution in [-0.2, 0) is 0 Å². The fourth-order valence-corrected chi connectivity index (χ4v) is 3.97. The van der Waals surface area contributed by atoms with Gasteiger partial charge in [0, 0.05) is 24.7 Å². The van der Waals surface area contributed by atoms with Gasteiger partial charge in [-0.15, -0.1) is 6.42 Å². The van der Waals surface area contributed by atoms with E-state index in [2.05, 4.69) is 20.8 Å². The van der Waals surface area contributed by atoms with Crippen LogP contribution in [0, 0.1) is 17.8 Å². The minimum absolute atomic E-state index is 0.193. The lowest BCUT2D eigenvalue weighted by Gasteiger charge is -2.48. The summed E-state index contributed by atoms with van der Waals surface area (Å²) in [5.74, 6) is 2.60. The fourth-order valence-electron chi connectivity index (χ4n) is 3.97. The highest BCUT2D eigenvalue weighted by Gasteiger charge is 2.40. The Balaban J connectivity index is 1.80.